The number of rotatable bonds is 5. The van der Waals surface area contributed by atoms with E-state index in [0.717, 1.165) is 37.0 Å². The number of benzene rings is 1. The maximum Gasteiger partial charge on any atom is 0.152 e. The van der Waals surface area contributed by atoms with E-state index in [4.69, 9.17) is 0 Å². The zero-order chi connectivity index (χ0) is 10.4. The van der Waals surface area contributed by atoms with Crippen LogP contribution in [-0.2, 0) is 0 Å². The van der Waals surface area contributed by atoms with Gasteiger partial charge in [0.2, 0.25) is 0 Å². The van der Waals surface area contributed by atoms with Gasteiger partial charge in [0.1, 0.15) is 0 Å². The normalized spacial score (nSPS) is 9.86. The summed E-state index contributed by atoms with van der Waals surface area (Å²) >= 11 is 0. The van der Waals surface area contributed by atoms with Crippen molar-refractivity contribution in [2.45, 2.75) is 20.3 Å². The molecular formula is C12H17NO. The lowest BCUT2D eigenvalue weighted by Gasteiger charge is -2.23. The average molecular weight is 191 g/mol. The number of hydrogen-bond acceptors (Lipinski definition) is 2. The Morgan fingerprint density at radius 2 is 2.00 bits per heavy atom. The highest BCUT2D eigenvalue weighted by Gasteiger charge is 2.06. The molecule has 0 atom stereocenters. The van der Waals surface area contributed by atoms with Gasteiger partial charge in [-0.25, -0.2) is 0 Å². The van der Waals surface area contributed by atoms with Crippen molar-refractivity contribution >= 4 is 12.0 Å². The van der Waals surface area contributed by atoms with E-state index in [-0.39, 0.29) is 0 Å². The monoisotopic (exact) mass is 191 g/mol. The molecule has 14 heavy (non-hydrogen) atoms. The molecule has 1 aromatic rings. The minimum atomic E-state index is 0.780. The summed E-state index contributed by atoms with van der Waals surface area (Å²) in [7, 11) is 0. The van der Waals surface area contributed by atoms with E-state index >= 15 is 0 Å². The molecule has 1 rings (SSSR count). The summed E-state index contributed by atoms with van der Waals surface area (Å²) in [6.07, 6.45) is 2.02. The Kier molecular flexibility index (Phi) is 4.17. The van der Waals surface area contributed by atoms with Gasteiger partial charge in [-0.05, 0) is 25.5 Å². The van der Waals surface area contributed by atoms with Crippen molar-refractivity contribution in [3.8, 4) is 0 Å². The van der Waals surface area contributed by atoms with Crippen LogP contribution in [0, 0.1) is 0 Å². The van der Waals surface area contributed by atoms with E-state index in [9.17, 15) is 4.79 Å². The number of carbonyl (C=O) groups is 1. The third-order valence-corrected chi connectivity index (χ3v) is 2.28. The fraction of sp³-hybridized carbons (Fsp3) is 0.417. The van der Waals surface area contributed by atoms with Crippen LogP contribution in [-0.4, -0.2) is 19.4 Å². The molecule has 0 heterocycles. The van der Waals surface area contributed by atoms with Crippen LogP contribution in [0.2, 0.25) is 0 Å². The van der Waals surface area contributed by atoms with Gasteiger partial charge in [-0.15, -0.1) is 0 Å². The van der Waals surface area contributed by atoms with Crippen molar-refractivity contribution in [3.63, 3.8) is 0 Å². The van der Waals surface area contributed by atoms with Crippen LogP contribution >= 0.6 is 0 Å². The first-order valence-electron chi connectivity index (χ1n) is 5.12. The summed E-state index contributed by atoms with van der Waals surface area (Å²) in [4.78, 5) is 13.1. The molecule has 0 amide bonds. The number of nitrogens with zero attached hydrogens (tertiary/aromatic N) is 1. The third-order valence-electron chi connectivity index (χ3n) is 2.28. The maximum absolute atomic E-state index is 10.8. The van der Waals surface area contributed by atoms with E-state index in [0.29, 0.717) is 0 Å². The van der Waals surface area contributed by atoms with Crippen LogP contribution < -0.4 is 4.90 Å². The zero-order valence-electron chi connectivity index (χ0n) is 8.86. The van der Waals surface area contributed by atoms with E-state index in [1.807, 2.05) is 24.3 Å². The van der Waals surface area contributed by atoms with Crippen molar-refractivity contribution in [2.75, 3.05) is 18.0 Å². The lowest BCUT2D eigenvalue weighted by Crippen LogP contribution is -2.24. The van der Waals surface area contributed by atoms with Crippen molar-refractivity contribution in [3.05, 3.63) is 29.8 Å². The lowest BCUT2D eigenvalue weighted by molar-refractivity contribution is 0.112. The first kappa shape index (κ1) is 10.8. The Bertz CT molecular complexity index is 296. The summed E-state index contributed by atoms with van der Waals surface area (Å²) in [6.45, 7) is 6.20. The molecule has 0 spiro atoms. The summed E-state index contributed by atoms with van der Waals surface area (Å²) in [6, 6.07) is 7.73. The van der Waals surface area contributed by atoms with Crippen molar-refractivity contribution in [1.29, 1.82) is 0 Å². The molecule has 0 aliphatic rings. The average Bonchev–Trinajstić information content (AvgIpc) is 2.26. The SMILES string of the molecule is CCCN(CC)c1ccccc1C=O. The predicted molar refractivity (Wildman–Crippen MR) is 60.0 cm³/mol. The molecule has 0 unspecified atom stereocenters. The second-order valence-corrected chi connectivity index (χ2v) is 3.26. The Morgan fingerprint density at radius 1 is 1.29 bits per heavy atom. The molecule has 1 aromatic carbocycles. The van der Waals surface area contributed by atoms with Gasteiger partial charge in [-0.2, -0.15) is 0 Å². The minimum Gasteiger partial charge on any atom is -0.371 e. The first-order valence-corrected chi connectivity index (χ1v) is 5.12. The lowest BCUT2D eigenvalue weighted by atomic mass is 10.1. The third kappa shape index (κ3) is 2.34. The van der Waals surface area contributed by atoms with Gasteiger partial charge in [-0.1, -0.05) is 19.1 Å². The van der Waals surface area contributed by atoms with E-state index in [1.165, 1.54) is 0 Å². The molecule has 0 bridgehead atoms. The first-order chi connectivity index (χ1) is 6.83. The molecule has 0 radical (unpaired) electrons. The maximum atomic E-state index is 10.8. The largest absolute Gasteiger partial charge is 0.371 e. The quantitative estimate of drug-likeness (QED) is 0.667. The summed E-state index contributed by atoms with van der Waals surface area (Å²) in [5.41, 5.74) is 1.83. The molecule has 0 saturated heterocycles. The zero-order valence-corrected chi connectivity index (χ0v) is 8.86. The molecule has 0 fully saturated rings. The van der Waals surface area contributed by atoms with Crippen molar-refractivity contribution in [1.82, 2.24) is 0 Å². The molecule has 0 aliphatic heterocycles. The highest BCUT2D eigenvalue weighted by Crippen LogP contribution is 2.18. The topological polar surface area (TPSA) is 20.3 Å². The fourth-order valence-corrected chi connectivity index (χ4v) is 1.59. The van der Waals surface area contributed by atoms with Gasteiger partial charge in [-0.3, -0.25) is 4.79 Å². The van der Waals surface area contributed by atoms with Gasteiger partial charge >= 0.3 is 0 Å². The number of hydrogen-bond donors (Lipinski definition) is 0. The molecule has 0 aromatic heterocycles. The standard InChI is InChI=1S/C12H17NO/c1-3-9-13(4-2)12-8-6-5-7-11(12)10-14/h5-8,10H,3-4,9H2,1-2H3. The molecule has 0 N–H and O–H groups in total. The van der Waals surface area contributed by atoms with Crippen LogP contribution in [0.15, 0.2) is 24.3 Å². The Hall–Kier alpha value is -1.31. The molecule has 0 aliphatic carbocycles. The van der Waals surface area contributed by atoms with Gasteiger partial charge in [0.15, 0.2) is 6.29 Å². The van der Waals surface area contributed by atoms with Gasteiger partial charge in [0, 0.05) is 24.3 Å². The second kappa shape index (κ2) is 5.43. The minimum absolute atomic E-state index is 0.780. The number of para-hydroxylation sites is 1. The molecule has 76 valence electrons. The van der Waals surface area contributed by atoms with Crippen LogP contribution in [0.25, 0.3) is 0 Å². The number of carbonyl (C=O) groups excluding carboxylic acids is 1. The molecule has 2 nitrogen and oxygen atoms in total. The Labute approximate surface area is 85.5 Å². The van der Waals surface area contributed by atoms with Crippen molar-refractivity contribution < 1.29 is 4.79 Å². The second-order valence-electron chi connectivity index (χ2n) is 3.26. The summed E-state index contributed by atoms with van der Waals surface area (Å²) in [5, 5.41) is 0. The van der Waals surface area contributed by atoms with Gasteiger partial charge in [0.05, 0.1) is 0 Å². The Morgan fingerprint density at radius 3 is 2.57 bits per heavy atom. The molecule has 2 heteroatoms. The highest BCUT2D eigenvalue weighted by molar-refractivity contribution is 5.84. The Balaban J connectivity index is 2.95. The van der Waals surface area contributed by atoms with Crippen molar-refractivity contribution in [2.24, 2.45) is 0 Å². The molecule has 0 saturated carbocycles. The van der Waals surface area contributed by atoms with E-state index in [2.05, 4.69) is 18.7 Å². The number of anilines is 1. The van der Waals surface area contributed by atoms with E-state index < -0.39 is 0 Å². The highest BCUT2D eigenvalue weighted by atomic mass is 16.1. The van der Waals surface area contributed by atoms with Gasteiger partial charge in [0.25, 0.3) is 0 Å². The predicted octanol–water partition coefficient (Wildman–Crippen LogP) is 2.74. The smallest absolute Gasteiger partial charge is 0.152 e. The summed E-state index contributed by atoms with van der Waals surface area (Å²) < 4.78 is 0. The van der Waals surface area contributed by atoms with Crippen LogP contribution in [0.3, 0.4) is 0 Å². The van der Waals surface area contributed by atoms with Gasteiger partial charge < -0.3 is 4.90 Å². The van der Waals surface area contributed by atoms with Crippen LogP contribution in [0.1, 0.15) is 30.6 Å². The fourth-order valence-electron chi connectivity index (χ4n) is 1.59. The molecular weight excluding hydrogens is 174 g/mol. The van der Waals surface area contributed by atoms with E-state index in [1.54, 1.807) is 0 Å². The van der Waals surface area contributed by atoms with Crippen LogP contribution in [0.4, 0.5) is 5.69 Å². The van der Waals surface area contributed by atoms with Crippen LogP contribution in [0.5, 0.6) is 0 Å². The summed E-state index contributed by atoms with van der Waals surface area (Å²) in [5.74, 6) is 0. The number of aldehydes is 1.